The third kappa shape index (κ3) is 81.6. The summed E-state index contributed by atoms with van der Waals surface area (Å²) in [6.45, 7) is 20.3. The second-order valence-electron chi connectivity index (χ2n) is 31.7. The minimum Gasteiger partial charge on any atom is -0.487 e. The number of amides is 4. The summed E-state index contributed by atoms with van der Waals surface area (Å²) in [5.74, 6) is -4.14. The van der Waals surface area contributed by atoms with Crippen LogP contribution in [0.4, 0.5) is 0 Å². The van der Waals surface area contributed by atoms with Gasteiger partial charge in [0, 0.05) is 128 Å². The number of carbonyl (C=O) groups excluding carboxylic acids is 4. The summed E-state index contributed by atoms with van der Waals surface area (Å²) in [6, 6.07) is 14.8. The van der Waals surface area contributed by atoms with Gasteiger partial charge < -0.3 is 169 Å². The Labute approximate surface area is 853 Å². The van der Waals surface area contributed by atoms with Gasteiger partial charge in [0.05, 0.1) is 357 Å². The lowest BCUT2D eigenvalue weighted by molar-refractivity contribution is -0.697. The molecule has 1 aliphatic rings. The molecule has 1 aliphatic heterocycles. The number of nitrogens with zero attached hydrogens (tertiary/aromatic N) is 6. The highest BCUT2D eigenvalue weighted by Gasteiger charge is 2.24. The molecule has 48 nitrogen and oxygen atoms in total. The Morgan fingerprint density at radius 2 is 0.483 bits per heavy atom. The summed E-state index contributed by atoms with van der Waals surface area (Å²) in [5, 5.41) is 40.4. The SMILES string of the molecule is COCCOCCOCCOCCOCCOCCOCCOCCOCCOc1c(OCCOCCOCCOCCOCCOCCOCCOCCOCCC(=O)NCCC[n+]2ccccc2)cc(C(=O)NCNC(=O)CN2CCN(CC(=O)O)CCN(CC(=O)O)CCN(CC(=O)O)CC2)cc1OCCOCCOCCOCCOCCOCCOCCOCCOCCC(=O)NCCC[n+]1ccccc1. The molecule has 0 bridgehead atoms. The fourth-order valence-electron chi connectivity index (χ4n) is 12.8. The average molecular weight is 2080 g/mol. The van der Waals surface area contributed by atoms with Crippen LogP contribution in [0.25, 0.3) is 0 Å². The zero-order chi connectivity index (χ0) is 104. The summed E-state index contributed by atoms with van der Waals surface area (Å²) in [6.07, 6.45) is 10.3. The van der Waals surface area contributed by atoms with Crippen LogP contribution in [0.3, 0.4) is 0 Å². The van der Waals surface area contributed by atoms with Crippen LogP contribution in [0.1, 0.15) is 36.0 Å². The maximum atomic E-state index is 14.3. The molecule has 3 heterocycles. The van der Waals surface area contributed by atoms with Crippen LogP contribution in [0.5, 0.6) is 17.2 Å². The molecule has 0 atom stereocenters. The number of aromatic nitrogens is 2. The molecule has 0 radical (unpaired) electrons. The van der Waals surface area contributed by atoms with Gasteiger partial charge in [0.15, 0.2) is 36.3 Å². The third-order valence-corrected chi connectivity index (χ3v) is 20.2. The van der Waals surface area contributed by atoms with Gasteiger partial charge in [-0.3, -0.25) is 53.2 Å². The summed E-state index contributed by atoms with van der Waals surface area (Å²) in [4.78, 5) is 94.4. The van der Waals surface area contributed by atoms with Gasteiger partial charge in [-0.05, 0) is 12.1 Å². The van der Waals surface area contributed by atoms with E-state index in [1.54, 1.807) is 26.7 Å². The molecule has 1 fully saturated rings. The van der Waals surface area contributed by atoms with Crippen molar-refractivity contribution in [1.29, 1.82) is 0 Å². The van der Waals surface area contributed by atoms with Gasteiger partial charge in [-0.15, -0.1) is 0 Å². The second kappa shape index (κ2) is 96.9. The number of hydrogen-bond donors (Lipinski definition) is 7. The molecule has 832 valence electrons. The van der Waals surface area contributed by atoms with Gasteiger partial charge in [0.2, 0.25) is 23.5 Å². The molecule has 4 rings (SSSR count). The summed E-state index contributed by atoms with van der Waals surface area (Å²) >= 11 is 0. The summed E-state index contributed by atoms with van der Waals surface area (Å²) in [7, 11) is 1.62. The Balaban J connectivity index is 1.22. The number of carboxylic acid groups (broad SMARTS) is 3. The number of aliphatic carboxylic acids is 3. The molecule has 3 aromatic rings. The van der Waals surface area contributed by atoms with Gasteiger partial charge >= 0.3 is 17.9 Å². The molecule has 4 amide bonds. The van der Waals surface area contributed by atoms with E-state index in [1.807, 2.05) is 61.2 Å². The van der Waals surface area contributed by atoms with Gasteiger partial charge in [-0.25, -0.2) is 9.13 Å². The van der Waals surface area contributed by atoms with E-state index < -0.39 is 29.7 Å². The quantitative estimate of drug-likeness (QED) is 0.0201. The lowest BCUT2D eigenvalue weighted by atomic mass is 10.1. The van der Waals surface area contributed by atoms with Crippen molar-refractivity contribution in [2.75, 3.05) is 449 Å². The van der Waals surface area contributed by atoms with Crippen molar-refractivity contribution >= 4 is 41.5 Å². The molecule has 48 heteroatoms. The number of ether oxygens (including phenoxy) is 28. The van der Waals surface area contributed by atoms with E-state index in [-0.39, 0.29) is 199 Å². The van der Waals surface area contributed by atoms with Gasteiger partial charge in [-0.1, -0.05) is 12.1 Å². The number of benzene rings is 1. The third-order valence-electron chi connectivity index (χ3n) is 20.2. The van der Waals surface area contributed by atoms with E-state index in [1.165, 1.54) is 12.1 Å². The Bertz CT molecular complexity index is 3400. The highest BCUT2D eigenvalue weighted by molar-refractivity contribution is 5.96. The first-order chi connectivity index (χ1) is 71.3. The van der Waals surface area contributed by atoms with E-state index in [0.29, 0.717) is 290 Å². The van der Waals surface area contributed by atoms with E-state index >= 15 is 0 Å². The number of aryl methyl sites for hydroxylation is 2. The Hall–Kier alpha value is -7.95. The van der Waals surface area contributed by atoms with E-state index in [0.717, 1.165) is 25.9 Å². The molecule has 145 heavy (non-hydrogen) atoms. The topological polar surface area (TPSA) is 507 Å². The minimum absolute atomic E-state index is 0.00141. The second-order valence-corrected chi connectivity index (χ2v) is 31.7. The Morgan fingerprint density at radius 3 is 0.724 bits per heavy atom. The Kier molecular flexibility index (Phi) is 86.4. The number of nitrogens with one attached hydrogen (secondary N) is 4. The molecule has 0 unspecified atom stereocenters. The number of pyridine rings is 2. The van der Waals surface area contributed by atoms with Crippen molar-refractivity contribution in [1.82, 2.24) is 40.9 Å². The molecule has 1 aromatic carbocycles. The van der Waals surface area contributed by atoms with E-state index in [4.69, 9.17) is 133 Å². The molecule has 2 aromatic heterocycles. The molecule has 0 spiro atoms. The van der Waals surface area contributed by atoms with Crippen LogP contribution in [0, 0.1) is 0 Å². The number of rotatable bonds is 103. The zero-order valence-corrected chi connectivity index (χ0v) is 85.4. The molecule has 1 saturated heterocycles. The number of hydrogen-bond acceptors (Lipinski definition) is 39. The molecular formula is C97H168N10O38+2. The Morgan fingerprint density at radius 1 is 0.262 bits per heavy atom. The number of carboxylic acids is 3. The first-order valence-corrected chi connectivity index (χ1v) is 50.2. The van der Waals surface area contributed by atoms with E-state index in [2.05, 4.69) is 30.4 Å². The summed E-state index contributed by atoms with van der Waals surface area (Å²) in [5.41, 5.74) is 0.0551. The van der Waals surface area contributed by atoms with Crippen molar-refractivity contribution in [3.8, 4) is 17.2 Å². The molecule has 0 aliphatic carbocycles. The lowest BCUT2D eigenvalue weighted by Crippen LogP contribution is -2.50. The smallest absolute Gasteiger partial charge is 0.317 e. The van der Waals surface area contributed by atoms with Gasteiger partial charge in [0.25, 0.3) is 5.91 Å². The van der Waals surface area contributed by atoms with Crippen molar-refractivity contribution in [3.05, 3.63) is 78.9 Å². The first kappa shape index (κ1) is 129. The first-order valence-electron chi connectivity index (χ1n) is 50.2. The van der Waals surface area contributed by atoms with Crippen LogP contribution in [-0.4, -0.2) is 525 Å². The molecule has 0 saturated carbocycles. The van der Waals surface area contributed by atoms with Crippen molar-refractivity contribution in [2.45, 2.75) is 38.8 Å². The maximum absolute atomic E-state index is 14.3. The lowest BCUT2D eigenvalue weighted by Gasteiger charge is -2.32. The van der Waals surface area contributed by atoms with Crippen LogP contribution in [0.15, 0.2) is 73.3 Å². The minimum atomic E-state index is -1.09. The van der Waals surface area contributed by atoms with Crippen LogP contribution in [-0.2, 0) is 160 Å². The fourth-order valence-corrected chi connectivity index (χ4v) is 12.8. The highest BCUT2D eigenvalue weighted by atomic mass is 16.6. The number of carbonyl (C=O) groups is 7. The highest BCUT2D eigenvalue weighted by Crippen LogP contribution is 2.39. The fraction of sp³-hybridized carbons (Fsp3) is 0.763. The zero-order valence-electron chi connectivity index (χ0n) is 85.4. The van der Waals surface area contributed by atoms with Crippen LogP contribution < -0.4 is 44.6 Å². The van der Waals surface area contributed by atoms with Gasteiger partial charge in [0.1, 0.15) is 32.9 Å². The molecular weight excluding hydrogens is 1910 g/mol. The standard InChI is InChI=1S/C97H166N10O38/c1-118-30-31-121-36-37-124-42-43-127-48-49-130-54-55-133-58-61-136-64-67-139-70-73-142-76-79-145-96-88(143-77-74-140-71-68-137-65-62-134-59-56-131-52-50-128-46-44-125-40-38-122-34-32-119-28-10-90(108)98-12-8-18-102-14-4-2-5-15-102)80-87(97(117)101-86-100-92(110)82-104-20-22-105(83-93(111)112)24-26-107(85-95(115)116)27-25-106(23-21-104)84-94(113)114)81-89(96)144-78-75-141-72-69-138-66-63-135-60-57-132-53-51-129-47-45-126-41-39-123-35-33-120-29-11-91(109)99-13-9-19-103-16-6-3-7-17-103/h2-7,14-17,80-81H,8-13,18-79,82-86H2,1H3,(H5-2,98,99,100,101,108,109,110,111,112,113,114,115,116,117)/p+2. The van der Waals surface area contributed by atoms with E-state index in [9.17, 15) is 48.9 Å². The predicted octanol–water partition coefficient (Wildman–Crippen LogP) is -1.09. The van der Waals surface area contributed by atoms with Crippen molar-refractivity contribution in [2.24, 2.45) is 0 Å². The largest absolute Gasteiger partial charge is 0.487 e. The number of methoxy groups -OCH3 is 1. The van der Waals surface area contributed by atoms with Crippen molar-refractivity contribution in [3.63, 3.8) is 0 Å². The van der Waals surface area contributed by atoms with Gasteiger partial charge in [-0.2, -0.15) is 0 Å². The maximum Gasteiger partial charge on any atom is 0.317 e. The van der Waals surface area contributed by atoms with Crippen molar-refractivity contribution < 1.29 is 191 Å². The summed E-state index contributed by atoms with van der Waals surface area (Å²) < 4.78 is 163. The average Bonchev–Trinajstić information content (AvgIpc) is 0.811. The molecule has 7 N–H and O–H groups in total. The monoisotopic (exact) mass is 2080 g/mol. The van der Waals surface area contributed by atoms with Crippen LogP contribution in [0.2, 0.25) is 0 Å². The normalized spacial score (nSPS) is 13.1. The van der Waals surface area contributed by atoms with Crippen LogP contribution >= 0.6 is 0 Å². The predicted molar refractivity (Wildman–Crippen MR) is 521 cm³/mol.